The van der Waals surface area contributed by atoms with Crippen molar-refractivity contribution in [3.05, 3.63) is 95.4 Å². The first-order valence-electron chi connectivity index (χ1n) is 13.0. The van der Waals surface area contributed by atoms with Crippen molar-refractivity contribution < 1.29 is 18.0 Å². The maximum atomic E-state index is 14.1. The molecule has 4 aromatic rings. The van der Waals surface area contributed by atoms with Crippen LogP contribution in [0.4, 0.5) is 18.9 Å². The van der Waals surface area contributed by atoms with Gasteiger partial charge in [0.2, 0.25) is 0 Å². The number of hydrogen-bond donors (Lipinski definition) is 0. The predicted octanol–water partition coefficient (Wildman–Crippen LogP) is 7.09. The monoisotopic (exact) mass is 532 g/mol. The second-order valence-electron chi connectivity index (χ2n) is 10.2. The average molecular weight is 533 g/mol. The molecule has 202 valence electrons. The summed E-state index contributed by atoms with van der Waals surface area (Å²) in [7, 11) is 1.77. The van der Waals surface area contributed by atoms with Crippen LogP contribution in [-0.4, -0.2) is 40.2 Å². The molecule has 39 heavy (non-hydrogen) atoms. The van der Waals surface area contributed by atoms with Gasteiger partial charge in [0, 0.05) is 48.4 Å². The van der Waals surface area contributed by atoms with E-state index in [1.54, 1.807) is 47.8 Å². The lowest BCUT2D eigenvalue weighted by molar-refractivity contribution is 0.0697. The third-order valence-corrected chi connectivity index (χ3v) is 7.54. The summed E-state index contributed by atoms with van der Waals surface area (Å²) in [6, 6.07) is 17.3. The van der Waals surface area contributed by atoms with E-state index in [0.717, 1.165) is 21.4 Å². The van der Waals surface area contributed by atoms with Gasteiger partial charge in [-0.2, -0.15) is 13.9 Å². The number of amides is 1. The van der Waals surface area contributed by atoms with Crippen molar-refractivity contribution >= 4 is 22.5 Å². The van der Waals surface area contributed by atoms with Gasteiger partial charge in [0.25, 0.3) is 5.91 Å². The van der Waals surface area contributed by atoms with Crippen molar-refractivity contribution in [1.29, 1.82) is 0 Å². The maximum absolute atomic E-state index is 14.1. The van der Waals surface area contributed by atoms with Crippen molar-refractivity contribution in [2.75, 3.05) is 18.0 Å². The number of carbonyl (C=O) groups is 1. The Labute approximate surface area is 226 Å². The van der Waals surface area contributed by atoms with Gasteiger partial charge >= 0.3 is 6.55 Å². The lowest BCUT2D eigenvalue weighted by Crippen LogP contribution is -2.41. The molecule has 1 aliphatic heterocycles. The molecule has 1 amide bonds. The number of allylic oxidation sites excluding steroid dienone is 1. The van der Waals surface area contributed by atoms with Gasteiger partial charge in [0.05, 0.1) is 11.1 Å². The van der Waals surface area contributed by atoms with Crippen molar-refractivity contribution in [2.45, 2.75) is 33.2 Å². The summed E-state index contributed by atoms with van der Waals surface area (Å²) in [5.74, 6) is -0.648. The average Bonchev–Trinajstić information content (AvgIpc) is 3.25. The van der Waals surface area contributed by atoms with Gasteiger partial charge in [-0.1, -0.05) is 36.9 Å². The van der Waals surface area contributed by atoms with E-state index in [1.807, 2.05) is 31.2 Å². The Kier molecular flexibility index (Phi) is 7.21. The maximum Gasteiger partial charge on any atom is 0.319 e. The van der Waals surface area contributed by atoms with E-state index >= 15 is 0 Å². The summed E-state index contributed by atoms with van der Waals surface area (Å²) in [6.07, 6.45) is 1.07. The minimum absolute atomic E-state index is 0.140. The predicted molar refractivity (Wildman–Crippen MR) is 148 cm³/mol. The first-order chi connectivity index (χ1) is 18.7. The molecular formula is C31H31F3N4O. The number of piperidine rings is 1. The Balaban J connectivity index is 1.37. The van der Waals surface area contributed by atoms with Crippen LogP contribution >= 0.6 is 0 Å². The summed E-state index contributed by atoms with van der Waals surface area (Å²) in [5, 5.41) is 5.39. The van der Waals surface area contributed by atoms with Crippen molar-refractivity contribution in [2.24, 2.45) is 13.0 Å². The number of fused-ring (bicyclic) bond motifs is 1. The van der Waals surface area contributed by atoms with Crippen LogP contribution in [0, 0.1) is 25.6 Å². The number of para-hydroxylation sites is 2. The highest BCUT2D eigenvalue weighted by Crippen LogP contribution is 2.35. The van der Waals surface area contributed by atoms with Gasteiger partial charge in [-0.25, -0.2) is 4.39 Å². The van der Waals surface area contributed by atoms with Crippen LogP contribution in [0.15, 0.2) is 72.9 Å². The van der Waals surface area contributed by atoms with Gasteiger partial charge in [0.15, 0.2) is 0 Å². The zero-order chi connectivity index (χ0) is 27.8. The van der Waals surface area contributed by atoms with Crippen molar-refractivity contribution in [1.82, 2.24) is 14.7 Å². The number of nitrogens with zero attached hydrogens (tertiary/aromatic N) is 4. The third kappa shape index (κ3) is 5.03. The highest BCUT2D eigenvalue weighted by atomic mass is 19.3. The molecule has 1 aromatic heterocycles. The number of alkyl halides is 2. The number of carbonyl (C=O) groups excluding carboxylic acids is 1. The van der Waals surface area contributed by atoms with Crippen LogP contribution in [0.2, 0.25) is 0 Å². The molecule has 0 bridgehead atoms. The highest BCUT2D eigenvalue weighted by Gasteiger charge is 2.32. The number of likely N-dealkylation sites (tertiary alicyclic amines) is 1. The molecule has 1 fully saturated rings. The van der Waals surface area contributed by atoms with E-state index in [-0.39, 0.29) is 17.6 Å². The van der Waals surface area contributed by atoms with Gasteiger partial charge in [-0.15, -0.1) is 0 Å². The number of aromatic nitrogens is 2. The van der Waals surface area contributed by atoms with Crippen molar-refractivity contribution in [3.8, 4) is 11.3 Å². The molecule has 0 radical (unpaired) electrons. The smallest absolute Gasteiger partial charge is 0.319 e. The molecular weight excluding hydrogens is 501 g/mol. The SMILES string of the molecule is C=C(C1CCN(C(=O)c2cccc3c(-c4cc(C)cc(F)c4)nn(C)c23)CC1)N(c1ccccc1C)C(F)F. The third-order valence-electron chi connectivity index (χ3n) is 7.54. The van der Waals surface area contributed by atoms with Crippen LogP contribution in [-0.2, 0) is 7.05 Å². The Morgan fingerprint density at radius 1 is 1.05 bits per heavy atom. The van der Waals surface area contributed by atoms with Gasteiger partial charge in [-0.3, -0.25) is 14.4 Å². The Hall–Kier alpha value is -4.07. The van der Waals surface area contributed by atoms with E-state index in [9.17, 15) is 18.0 Å². The number of rotatable bonds is 6. The second-order valence-corrected chi connectivity index (χ2v) is 10.2. The summed E-state index contributed by atoms with van der Waals surface area (Å²) >= 11 is 0. The standard InChI is InChI=1S/C31H31F3N4O/c1-19-16-23(18-24(32)17-19)28-25-9-7-10-26(29(25)36(4)35-28)30(39)37-14-12-22(13-15-37)21(3)38(31(33)34)27-11-6-5-8-20(27)2/h5-11,16-18,22,31H,3,12-15H2,1-2,4H3. The zero-order valence-electron chi connectivity index (χ0n) is 22.3. The first kappa shape index (κ1) is 26.5. The normalized spacial score (nSPS) is 14.3. The highest BCUT2D eigenvalue weighted by molar-refractivity contribution is 6.08. The number of hydrogen-bond acceptors (Lipinski definition) is 3. The van der Waals surface area contributed by atoms with Gasteiger partial charge < -0.3 is 4.90 Å². The molecule has 0 saturated carbocycles. The quantitative estimate of drug-likeness (QED) is 0.249. The van der Waals surface area contributed by atoms with Crippen molar-refractivity contribution in [3.63, 3.8) is 0 Å². The minimum atomic E-state index is -2.71. The summed E-state index contributed by atoms with van der Waals surface area (Å²) in [4.78, 5) is 16.5. The van der Waals surface area contributed by atoms with E-state index in [2.05, 4.69) is 11.7 Å². The molecule has 0 N–H and O–H groups in total. The topological polar surface area (TPSA) is 41.4 Å². The molecule has 0 spiro atoms. The molecule has 0 atom stereocenters. The fourth-order valence-corrected chi connectivity index (χ4v) is 5.60. The first-order valence-corrected chi connectivity index (χ1v) is 13.0. The van der Waals surface area contributed by atoms with E-state index in [4.69, 9.17) is 0 Å². The van der Waals surface area contributed by atoms with E-state index in [1.165, 1.54) is 12.1 Å². The van der Waals surface area contributed by atoms with Gasteiger partial charge in [-0.05, 0) is 68.1 Å². The molecule has 3 aromatic carbocycles. The second kappa shape index (κ2) is 10.6. The summed E-state index contributed by atoms with van der Waals surface area (Å²) in [6.45, 7) is 5.82. The van der Waals surface area contributed by atoms with Crippen LogP contribution in [0.5, 0.6) is 0 Å². The van der Waals surface area contributed by atoms with Crippen LogP contribution in [0.1, 0.15) is 34.3 Å². The molecule has 1 aliphatic rings. The van der Waals surface area contributed by atoms with Crippen LogP contribution in [0.3, 0.4) is 0 Å². The van der Waals surface area contributed by atoms with E-state index in [0.29, 0.717) is 59.7 Å². The molecule has 2 heterocycles. The number of halogens is 3. The minimum Gasteiger partial charge on any atom is -0.339 e. The molecule has 8 heteroatoms. The van der Waals surface area contributed by atoms with Crippen LogP contribution < -0.4 is 4.90 Å². The Morgan fingerprint density at radius 2 is 1.77 bits per heavy atom. The number of aryl methyl sites for hydroxylation is 3. The van der Waals surface area contributed by atoms with Gasteiger partial charge in [0.1, 0.15) is 11.5 Å². The summed E-state index contributed by atoms with van der Waals surface area (Å²) in [5.41, 5.74) is 4.81. The zero-order valence-corrected chi connectivity index (χ0v) is 22.3. The number of anilines is 1. The molecule has 1 saturated heterocycles. The largest absolute Gasteiger partial charge is 0.339 e. The lowest BCUT2D eigenvalue weighted by atomic mass is 9.92. The number of benzene rings is 3. The Morgan fingerprint density at radius 3 is 2.44 bits per heavy atom. The molecule has 5 nitrogen and oxygen atoms in total. The fourth-order valence-electron chi connectivity index (χ4n) is 5.60. The van der Waals surface area contributed by atoms with E-state index < -0.39 is 6.55 Å². The molecule has 0 unspecified atom stereocenters. The fraction of sp³-hybridized carbons (Fsp3) is 0.290. The lowest BCUT2D eigenvalue weighted by Gasteiger charge is -2.37. The Bertz CT molecular complexity index is 1530. The summed E-state index contributed by atoms with van der Waals surface area (Å²) < 4.78 is 44.0. The molecule has 5 rings (SSSR count). The van der Waals surface area contributed by atoms with Crippen LogP contribution in [0.25, 0.3) is 22.2 Å². The molecule has 0 aliphatic carbocycles.